The Morgan fingerprint density at radius 1 is 1.12 bits per heavy atom. The average Bonchev–Trinajstić information content (AvgIpc) is 3.31. The molecule has 128 valence electrons. The minimum absolute atomic E-state index is 0.0729. The number of aromatic nitrogens is 1. The molecule has 0 fully saturated rings. The van der Waals surface area contributed by atoms with Crippen molar-refractivity contribution < 1.29 is 14.3 Å². The molecule has 3 aromatic rings. The van der Waals surface area contributed by atoms with Crippen LogP contribution in [-0.4, -0.2) is 23.8 Å². The molecule has 0 bridgehead atoms. The van der Waals surface area contributed by atoms with Crippen molar-refractivity contribution in [2.75, 3.05) is 12.4 Å². The molecule has 7 heteroatoms. The van der Waals surface area contributed by atoms with Crippen molar-refractivity contribution in [1.29, 1.82) is 0 Å². The molecular weight excluding hydrogens is 356 g/mol. The maximum absolute atomic E-state index is 12.1. The number of rotatable bonds is 7. The van der Waals surface area contributed by atoms with E-state index in [0.717, 1.165) is 10.6 Å². The third kappa shape index (κ3) is 4.52. The summed E-state index contributed by atoms with van der Waals surface area (Å²) in [4.78, 5) is 29.6. The molecule has 0 unspecified atom stereocenters. The number of carbonyl (C=O) groups excluding carboxylic acids is 2. The van der Waals surface area contributed by atoms with Gasteiger partial charge in [0, 0.05) is 23.8 Å². The van der Waals surface area contributed by atoms with E-state index in [1.54, 1.807) is 42.7 Å². The van der Waals surface area contributed by atoms with Crippen LogP contribution >= 0.6 is 22.7 Å². The molecule has 0 aliphatic heterocycles. The highest BCUT2D eigenvalue weighted by atomic mass is 32.1. The van der Waals surface area contributed by atoms with Crippen molar-refractivity contribution >= 4 is 39.5 Å². The Kier molecular flexibility index (Phi) is 5.57. The van der Waals surface area contributed by atoms with Gasteiger partial charge in [0.1, 0.15) is 5.75 Å². The zero-order valence-electron chi connectivity index (χ0n) is 13.5. The molecule has 0 aliphatic rings. The molecule has 0 aliphatic carbocycles. The van der Waals surface area contributed by atoms with E-state index < -0.39 is 0 Å². The van der Waals surface area contributed by atoms with Crippen LogP contribution < -0.4 is 10.1 Å². The maximum atomic E-state index is 12.1. The van der Waals surface area contributed by atoms with Crippen molar-refractivity contribution in [3.05, 3.63) is 52.7 Å². The fourth-order valence-corrected chi connectivity index (χ4v) is 3.69. The standard InChI is InChI=1S/C18H16N2O3S2/c1-23-13-6-4-12(5-7-13)15(21)8-9-17(22)20-18-19-14(11-25-18)16-3-2-10-24-16/h2-7,10-11H,8-9H2,1H3,(H,19,20,22). The minimum atomic E-state index is -0.214. The van der Waals surface area contributed by atoms with Gasteiger partial charge in [-0.3, -0.25) is 9.59 Å². The van der Waals surface area contributed by atoms with Crippen molar-refractivity contribution in [2.45, 2.75) is 12.8 Å². The van der Waals surface area contributed by atoms with Crippen LogP contribution in [0.5, 0.6) is 5.75 Å². The summed E-state index contributed by atoms with van der Waals surface area (Å²) in [6.45, 7) is 0. The van der Waals surface area contributed by atoms with Crippen LogP contribution in [0, 0.1) is 0 Å². The largest absolute Gasteiger partial charge is 0.497 e. The van der Waals surface area contributed by atoms with Gasteiger partial charge in [-0.25, -0.2) is 4.98 Å². The monoisotopic (exact) mass is 372 g/mol. The Hall–Kier alpha value is -2.51. The van der Waals surface area contributed by atoms with E-state index in [2.05, 4.69) is 10.3 Å². The highest BCUT2D eigenvalue weighted by Crippen LogP contribution is 2.28. The first-order chi connectivity index (χ1) is 12.2. The molecule has 25 heavy (non-hydrogen) atoms. The van der Waals surface area contributed by atoms with Crippen LogP contribution in [0.4, 0.5) is 5.13 Å². The van der Waals surface area contributed by atoms with Gasteiger partial charge in [-0.05, 0) is 35.7 Å². The van der Waals surface area contributed by atoms with Crippen molar-refractivity contribution in [3.8, 4) is 16.3 Å². The molecule has 2 aromatic heterocycles. The van der Waals surface area contributed by atoms with Gasteiger partial charge in [0.05, 0.1) is 17.7 Å². The Morgan fingerprint density at radius 3 is 2.60 bits per heavy atom. The molecule has 1 amide bonds. The predicted octanol–water partition coefficient (Wildman–Crippen LogP) is 4.48. The van der Waals surface area contributed by atoms with Crippen LogP contribution in [0.3, 0.4) is 0 Å². The van der Waals surface area contributed by atoms with Gasteiger partial charge in [-0.2, -0.15) is 0 Å². The molecule has 0 saturated carbocycles. The maximum Gasteiger partial charge on any atom is 0.226 e. The van der Waals surface area contributed by atoms with E-state index in [0.29, 0.717) is 16.4 Å². The number of amides is 1. The molecule has 3 rings (SSSR count). The van der Waals surface area contributed by atoms with E-state index >= 15 is 0 Å². The Labute approximate surface area is 153 Å². The topological polar surface area (TPSA) is 68.3 Å². The molecule has 5 nitrogen and oxygen atoms in total. The molecule has 0 radical (unpaired) electrons. The summed E-state index contributed by atoms with van der Waals surface area (Å²) in [6.07, 6.45) is 0.278. The van der Waals surface area contributed by atoms with Gasteiger partial charge in [0.2, 0.25) is 5.91 Å². The first kappa shape index (κ1) is 17.3. The van der Waals surface area contributed by atoms with Crippen LogP contribution in [0.25, 0.3) is 10.6 Å². The van der Waals surface area contributed by atoms with Crippen LogP contribution in [0.15, 0.2) is 47.2 Å². The van der Waals surface area contributed by atoms with Gasteiger partial charge in [0.25, 0.3) is 0 Å². The van der Waals surface area contributed by atoms with Crippen molar-refractivity contribution in [3.63, 3.8) is 0 Å². The number of ketones is 1. The number of thiophene rings is 1. The van der Waals surface area contributed by atoms with E-state index in [1.807, 2.05) is 22.9 Å². The third-order valence-corrected chi connectivity index (χ3v) is 5.17. The lowest BCUT2D eigenvalue weighted by Crippen LogP contribution is -2.13. The highest BCUT2D eigenvalue weighted by molar-refractivity contribution is 7.16. The number of hydrogen-bond donors (Lipinski definition) is 1. The van der Waals surface area contributed by atoms with Crippen LogP contribution in [-0.2, 0) is 4.79 Å². The zero-order valence-corrected chi connectivity index (χ0v) is 15.2. The normalized spacial score (nSPS) is 10.4. The van der Waals surface area contributed by atoms with Gasteiger partial charge in [-0.1, -0.05) is 6.07 Å². The number of anilines is 1. The number of thiazole rings is 1. The molecular formula is C18H16N2O3S2. The summed E-state index contributed by atoms with van der Waals surface area (Å²) in [5, 5.41) is 7.19. The van der Waals surface area contributed by atoms with Gasteiger partial charge in [-0.15, -0.1) is 22.7 Å². The van der Waals surface area contributed by atoms with E-state index in [-0.39, 0.29) is 24.5 Å². The molecule has 0 saturated heterocycles. The average molecular weight is 372 g/mol. The third-order valence-electron chi connectivity index (χ3n) is 3.52. The number of carbonyl (C=O) groups is 2. The van der Waals surface area contributed by atoms with Crippen LogP contribution in [0.1, 0.15) is 23.2 Å². The first-order valence-corrected chi connectivity index (χ1v) is 9.38. The highest BCUT2D eigenvalue weighted by Gasteiger charge is 2.12. The zero-order chi connectivity index (χ0) is 17.6. The lowest BCUT2D eigenvalue weighted by Gasteiger charge is -2.03. The Balaban J connectivity index is 1.51. The van der Waals surface area contributed by atoms with Crippen molar-refractivity contribution in [1.82, 2.24) is 4.98 Å². The molecule has 2 heterocycles. The summed E-state index contributed by atoms with van der Waals surface area (Å²) >= 11 is 2.98. The SMILES string of the molecule is COc1ccc(C(=O)CCC(=O)Nc2nc(-c3cccs3)cs2)cc1. The van der Waals surface area contributed by atoms with E-state index in [4.69, 9.17) is 4.74 Å². The Morgan fingerprint density at radius 2 is 1.92 bits per heavy atom. The van der Waals surface area contributed by atoms with E-state index in [1.165, 1.54) is 11.3 Å². The summed E-state index contributed by atoms with van der Waals surface area (Å²) in [6, 6.07) is 10.8. The molecule has 1 aromatic carbocycles. The second-order valence-electron chi connectivity index (χ2n) is 5.22. The van der Waals surface area contributed by atoms with Gasteiger partial charge < -0.3 is 10.1 Å². The quantitative estimate of drug-likeness (QED) is 0.621. The first-order valence-electron chi connectivity index (χ1n) is 7.62. The fourth-order valence-electron chi connectivity index (χ4n) is 2.20. The number of methoxy groups -OCH3 is 1. The Bertz CT molecular complexity index is 855. The molecule has 0 atom stereocenters. The number of nitrogens with one attached hydrogen (secondary N) is 1. The smallest absolute Gasteiger partial charge is 0.226 e. The van der Waals surface area contributed by atoms with Crippen LogP contribution in [0.2, 0.25) is 0 Å². The number of benzene rings is 1. The number of Topliss-reactive ketones (excluding diaryl/α,β-unsaturated/α-hetero) is 1. The molecule has 0 spiro atoms. The lowest BCUT2D eigenvalue weighted by atomic mass is 10.1. The van der Waals surface area contributed by atoms with Gasteiger partial charge >= 0.3 is 0 Å². The number of ether oxygens (including phenoxy) is 1. The minimum Gasteiger partial charge on any atom is -0.497 e. The van der Waals surface area contributed by atoms with Crippen molar-refractivity contribution in [2.24, 2.45) is 0 Å². The summed E-state index contributed by atoms with van der Waals surface area (Å²) in [7, 11) is 1.57. The second kappa shape index (κ2) is 8.04. The van der Waals surface area contributed by atoms with Gasteiger partial charge in [0.15, 0.2) is 10.9 Å². The number of hydrogen-bond acceptors (Lipinski definition) is 6. The summed E-state index contributed by atoms with van der Waals surface area (Å²) < 4.78 is 5.06. The lowest BCUT2D eigenvalue weighted by molar-refractivity contribution is -0.116. The van der Waals surface area contributed by atoms with E-state index in [9.17, 15) is 9.59 Å². The number of nitrogens with zero attached hydrogens (tertiary/aromatic N) is 1. The summed E-state index contributed by atoms with van der Waals surface area (Å²) in [5.41, 5.74) is 1.42. The molecule has 1 N–H and O–H groups in total. The predicted molar refractivity (Wildman–Crippen MR) is 101 cm³/mol. The fraction of sp³-hybridized carbons (Fsp3) is 0.167. The second-order valence-corrected chi connectivity index (χ2v) is 7.02. The summed E-state index contributed by atoms with van der Waals surface area (Å²) in [5.74, 6) is 0.407.